The number of rotatable bonds is 12. The molecule has 0 spiro atoms. The minimum atomic E-state index is -2.49. The van der Waals surface area contributed by atoms with Gasteiger partial charge < -0.3 is 24.6 Å². The van der Waals surface area contributed by atoms with Gasteiger partial charge in [0.15, 0.2) is 0 Å². The summed E-state index contributed by atoms with van der Waals surface area (Å²) in [5.74, 6) is -0.0425. The van der Waals surface area contributed by atoms with Crippen molar-refractivity contribution in [3.8, 4) is 0 Å². The number of nitrogens with one attached hydrogen (secondary N) is 1. The van der Waals surface area contributed by atoms with Crippen molar-refractivity contribution in [1.82, 2.24) is 10.2 Å². The van der Waals surface area contributed by atoms with Crippen LogP contribution in [-0.2, 0) is 25.6 Å². The Kier molecular flexibility index (Phi) is 11.0. The Morgan fingerprint density at radius 2 is 1.13 bits per heavy atom. The van der Waals surface area contributed by atoms with Crippen LogP contribution in [0.1, 0.15) is 66.2 Å². The minimum Gasteiger partial charge on any atom is -0.382 e. The van der Waals surface area contributed by atoms with E-state index in [0.717, 1.165) is 44.1 Å². The molecule has 0 unspecified atom stereocenters. The number of likely N-dealkylation sites (tertiary alicyclic amines) is 1. The summed E-state index contributed by atoms with van der Waals surface area (Å²) < 4.78 is 55.0. The highest BCUT2D eigenvalue weighted by atomic mass is 16.5. The number of ether oxygens (including phenoxy) is 2. The van der Waals surface area contributed by atoms with Gasteiger partial charge in [0.25, 0.3) is 0 Å². The van der Waals surface area contributed by atoms with Crippen LogP contribution in [0.15, 0.2) is 91.0 Å². The molecule has 2 aliphatic rings. The van der Waals surface area contributed by atoms with Crippen LogP contribution in [-0.4, -0.2) is 81.3 Å². The molecule has 0 saturated carbocycles. The zero-order chi connectivity index (χ0) is 38.5. The summed E-state index contributed by atoms with van der Waals surface area (Å²) in [6, 6.07) is 29.2. The van der Waals surface area contributed by atoms with Crippen molar-refractivity contribution in [1.29, 1.82) is 0 Å². The summed E-state index contributed by atoms with van der Waals surface area (Å²) in [7, 11) is -4.96. The van der Waals surface area contributed by atoms with E-state index in [4.69, 9.17) is 17.7 Å². The number of carbonyl (C=O) groups is 2. The molecule has 2 aliphatic heterocycles. The Labute approximate surface area is 290 Å². The number of benzene rings is 3. The van der Waals surface area contributed by atoms with E-state index in [1.54, 1.807) is 9.80 Å². The molecule has 47 heavy (non-hydrogen) atoms. The SMILES string of the molecule is [2H]C([2H])([2H])OCC1(N(C(=O)CC)c2ccccc2)CCN(Cc2ccccc2)CC1.[2H]C([2H])([2H])OCC1(N(C(=O)CC)c2ccccc2)CCNCC1. The number of amides is 2. The molecular formula is C39H54N4O4. The number of para-hydroxylation sites is 2. The first-order chi connectivity index (χ1) is 25.2. The van der Waals surface area contributed by atoms with E-state index in [1.165, 1.54) is 5.56 Å². The Bertz CT molecular complexity index is 1550. The quantitative estimate of drug-likeness (QED) is 0.248. The van der Waals surface area contributed by atoms with Crippen LogP contribution in [0, 0.1) is 0 Å². The highest BCUT2D eigenvalue weighted by molar-refractivity contribution is 5.95. The summed E-state index contributed by atoms with van der Waals surface area (Å²) in [5, 5.41) is 3.27. The zero-order valence-electron chi connectivity index (χ0n) is 33.8. The van der Waals surface area contributed by atoms with Crippen LogP contribution in [0.5, 0.6) is 0 Å². The number of hydrogen-bond donors (Lipinski definition) is 1. The lowest BCUT2D eigenvalue weighted by Gasteiger charge is -2.48. The highest BCUT2D eigenvalue weighted by Gasteiger charge is 2.43. The van der Waals surface area contributed by atoms with Crippen molar-refractivity contribution in [2.75, 3.05) is 63.3 Å². The second-order valence-corrected chi connectivity index (χ2v) is 12.4. The summed E-state index contributed by atoms with van der Waals surface area (Å²) in [6.45, 7) is 7.46. The maximum atomic E-state index is 13.0. The summed E-state index contributed by atoms with van der Waals surface area (Å²) in [4.78, 5) is 31.6. The maximum Gasteiger partial charge on any atom is 0.227 e. The lowest BCUT2D eigenvalue weighted by molar-refractivity contribution is -0.121. The van der Waals surface area contributed by atoms with E-state index in [0.29, 0.717) is 38.5 Å². The molecule has 3 aromatic carbocycles. The molecule has 2 saturated heterocycles. The molecule has 3 aromatic rings. The standard InChI is InChI=1S/C23H30N2O2.C16H24N2O2/c1-3-22(26)25(21-12-8-5-9-13-21)23(19-27-2)14-16-24(17-15-23)18-20-10-6-4-7-11-20;1-3-15(19)18(14-7-5-4-6-8-14)16(13-20-2)9-11-17-12-10-16/h4-13H,3,14-19H2,1-2H3;4-8,17H,3,9-13H2,1-2H3/i2*2D3. The molecule has 0 aliphatic carbocycles. The number of hydrogen-bond acceptors (Lipinski definition) is 6. The molecule has 1 N–H and O–H groups in total. The van der Waals surface area contributed by atoms with Gasteiger partial charge in [0, 0.05) is 57.9 Å². The fourth-order valence-corrected chi connectivity index (χ4v) is 6.83. The third-order valence-electron chi connectivity index (χ3n) is 9.33. The second-order valence-electron chi connectivity index (χ2n) is 12.4. The predicted molar refractivity (Wildman–Crippen MR) is 191 cm³/mol. The van der Waals surface area contributed by atoms with Gasteiger partial charge in [0.2, 0.25) is 11.8 Å². The molecule has 254 valence electrons. The fraction of sp³-hybridized carbons (Fsp3) is 0.487. The molecule has 0 atom stereocenters. The number of carbonyl (C=O) groups excluding carboxylic acids is 2. The number of piperidine rings is 2. The fourth-order valence-electron chi connectivity index (χ4n) is 6.83. The van der Waals surface area contributed by atoms with Gasteiger partial charge >= 0.3 is 0 Å². The monoisotopic (exact) mass is 648 g/mol. The molecule has 0 aromatic heterocycles. The first-order valence-corrected chi connectivity index (χ1v) is 16.7. The number of nitrogens with zero attached hydrogens (tertiary/aromatic N) is 3. The summed E-state index contributed by atoms with van der Waals surface area (Å²) in [6.07, 6.45) is 3.32. The van der Waals surface area contributed by atoms with E-state index in [9.17, 15) is 9.59 Å². The largest absolute Gasteiger partial charge is 0.382 e. The van der Waals surface area contributed by atoms with Gasteiger partial charge in [0.05, 0.1) is 32.5 Å². The molecule has 5 rings (SSSR count). The third-order valence-corrected chi connectivity index (χ3v) is 9.33. The molecule has 2 heterocycles. The van der Waals surface area contributed by atoms with E-state index in [2.05, 4.69) is 22.3 Å². The predicted octanol–water partition coefficient (Wildman–Crippen LogP) is 6.31. The van der Waals surface area contributed by atoms with Crippen molar-refractivity contribution >= 4 is 23.2 Å². The summed E-state index contributed by atoms with van der Waals surface area (Å²) >= 11 is 0. The third kappa shape index (κ3) is 9.29. The first kappa shape index (κ1) is 28.5. The molecule has 8 nitrogen and oxygen atoms in total. The Morgan fingerprint density at radius 1 is 0.702 bits per heavy atom. The van der Waals surface area contributed by atoms with Gasteiger partial charge in [-0.05, 0) is 68.6 Å². The first-order valence-electron chi connectivity index (χ1n) is 19.7. The van der Waals surface area contributed by atoms with Crippen molar-refractivity contribution < 1.29 is 27.3 Å². The van der Waals surface area contributed by atoms with Gasteiger partial charge in [-0.15, -0.1) is 0 Å². The van der Waals surface area contributed by atoms with E-state index in [1.807, 2.05) is 92.7 Å². The number of anilines is 2. The van der Waals surface area contributed by atoms with Crippen molar-refractivity contribution in [3.05, 3.63) is 96.6 Å². The summed E-state index contributed by atoms with van der Waals surface area (Å²) in [5.41, 5.74) is 1.50. The number of methoxy groups -OCH3 is 2. The van der Waals surface area contributed by atoms with Crippen LogP contribution in [0.2, 0.25) is 0 Å². The van der Waals surface area contributed by atoms with Crippen LogP contribution in [0.4, 0.5) is 11.4 Å². The van der Waals surface area contributed by atoms with E-state index < -0.39 is 25.2 Å². The van der Waals surface area contributed by atoms with Gasteiger partial charge in [-0.2, -0.15) is 0 Å². The normalized spacial score (nSPS) is 19.6. The lowest BCUT2D eigenvalue weighted by atomic mass is 9.85. The smallest absolute Gasteiger partial charge is 0.227 e. The van der Waals surface area contributed by atoms with E-state index >= 15 is 0 Å². The second kappa shape index (κ2) is 18.1. The van der Waals surface area contributed by atoms with Crippen LogP contribution < -0.4 is 15.1 Å². The lowest BCUT2D eigenvalue weighted by Crippen LogP contribution is -2.60. The zero-order valence-corrected chi connectivity index (χ0v) is 27.8. The van der Waals surface area contributed by atoms with Crippen molar-refractivity contribution in [2.45, 2.75) is 70.0 Å². The average Bonchev–Trinajstić information content (AvgIpc) is 3.15. The van der Waals surface area contributed by atoms with Gasteiger partial charge in [0.1, 0.15) is 0 Å². The molecule has 2 amide bonds. The Hall–Kier alpha value is -3.56. The van der Waals surface area contributed by atoms with Gasteiger partial charge in [-0.25, -0.2) is 0 Å². The molecule has 0 bridgehead atoms. The van der Waals surface area contributed by atoms with Crippen molar-refractivity contribution in [2.24, 2.45) is 0 Å². The minimum absolute atomic E-state index is 0.00577. The van der Waals surface area contributed by atoms with Crippen LogP contribution in [0.3, 0.4) is 0 Å². The topological polar surface area (TPSA) is 74.4 Å². The van der Waals surface area contributed by atoms with Crippen molar-refractivity contribution in [3.63, 3.8) is 0 Å². The van der Waals surface area contributed by atoms with E-state index in [-0.39, 0.29) is 25.0 Å². The van der Waals surface area contributed by atoms with Gasteiger partial charge in [-0.1, -0.05) is 80.6 Å². The molecular weight excluding hydrogens is 588 g/mol. The molecule has 2 fully saturated rings. The average molecular weight is 649 g/mol. The van der Waals surface area contributed by atoms with Crippen LogP contribution >= 0.6 is 0 Å². The maximum absolute atomic E-state index is 13.0. The Morgan fingerprint density at radius 3 is 1.55 bits per heavy atom. The Balaban J connectivity index is 0.000000245. The molecule has 8 heteroatoms. The highest BCUT2D eigenvalue weighted by Crippen LogP contribution is 2.35. The van der Waals surface area contributed by atoms with Crippen LogP contribution in [0.25, 0.3) is 0 Å². The van der Waals surface area contributed by atoms with Gasteiger partial charge in [-0.3, -0.25) is 14.5 Å². The molecule has 0 radical (unpaired) electrons.